The molecule has 7 heteroatoms. The van der Waals surface area contributed by atoms with Gasteiger partial charge in [-0.05, 0) is 25.8 Å². The van der Waals surface area contributed by atoms with Crippen LogP contribution < -0.4 is 5.32 Å². The van der Waals surface area contributed by atoms with Crippen LogP contribution in [0, 0.1) is 5.92 Å². The highest BCUT2D eigenvalue weighted by molar-refractivity contribution is 14.0. The molecule has 6 nitrogen and oxygen atoms in total. The van der Waals surface area contributed by atoms with Crippen molar-refractivity contribution in [2.45, 2.75) is 26.8 Å². The number of nitrogens with zero attached hydrogens (tertiary/aromatic N) is 3. The lowest BCUT2D eigenvalue weighted by Crippen LogP contribution is -2.42. The van der Waals surface area contributed by atoms with Crippen molar-refractivity contribution in [2.75, 3.05) is 46.4 Å². The number of rotatable bonds is 8. The molecular weight excluding hydrogens is 455 g/mol. The molecule has 1 aliphatic heterocycles. The minimum absolute atomic E-state index is 0. The summed E-state index contributed by atoms with van der Waals surface area (Å²) in [6.45, 7) is 8.82. The van der Waals surface area contributed by atoms with Crippen LogP contribution in [0.15, 0.2) is 35.3 Å². The van der Waals surface area contributed by atoms with Crippen LogP contribution in [0.1, 0.15) is 25.8 Å². The summed E-state index contributed by atoms with van der Waals surface area (Å²) >= 11 is 0. The van der Waals surface area contributed by atoms with Gasteiger partial charge in [-0.2, -0.15) is 0 Å². The van der Waals surface area contributed by atoms with Crippen molar-refractivity contribution < 1.29 is 9.53 Å². The summed E-state index contributed by atoms with van der Waals surface area (Å²) in [6, 6.07) is 10.1. The van der Waals surface area contributed by atoms with Gasteiger partial charge in [-0.25, -0.2) is 4.99 Å². The number of benzene rings is 1. The summed E-state index contributed by atoms with van der Waals surface area (Å²) in [5.41, 5.74) is 1.14. The van der Waals surface area contributed by atoms with E-state index in [1.807, 2.05) is 56.1 Å². The molecule has 1 aliphatic rings. The van der Waals surface area contributed by atoms with Gasteiger partial charge in [-0.1, -0.05) is 30.3 Å². The highest BCUT2D eigenvalue weighted by Gasteiger charge is 2.19. The first-order chi connectivity index (χ1) is 12.6. The number of guanidine groups is 1. The highest BCUT2D eigenvalue weighted by atomic mass is 127. The van der Waals surface area contributed by atoms with Crippen LogP contribution in [0.2, 0.25) is 0 Å². The largest absolute Gasteiger partial charge is 0.381 e. The van der Waals surface area contributed by atoms with E-state index in [-0.39, 0.29) is 36.4 Å². The van der Waals surface area contributed by atoms with Crippen molar-refractivity contribution >= 4 is 35.8 Å². The van der Waals surface area contributed by atoms with Crippen molar-refractivity contribution in [1.29, 1.82) is 0 Å². The summed E-state index contributed by atoms with van der Waals surface area (Å²) in [7, 11) is 2.02. The fourth-order valence-electron chi connectivity index (χ4n) is 3.09. The third kappa shape index (κ3) is 8.04. The first-order valence-electron chi connectivity index (χ1n) is 9.52. The maximum Gasteiger partial charge on any atom is 0.244 e. The normalized spacial score (nSPS) is 16.6. The van der Waals surface area contributed by atoms with E-state index in [1.165, 1.54) is 0 Å². The van der Waals surface area contributed by atoms with Crippen LogP contribution in [-0.2, 0) is 16.1 Å². The zero-order chi connectivity index (χ0) is 18.8. The van der Waals surface area contributed by atoms with Crippen LogP contribution in [0.25, 0.3) is 0 Å². The molecule has 0 bridgehead atoms. The minimum Gasteiger partial charge on any atom is -0.381 e. The van der Waals surface area contributed by atoms with Crippen LogP contribution >= 0.6 is 24.0 Å². The standard InChI is InChI=1S/C20H32N4O2.HI/c1-4-21-20(23(3)14-18-11-12-26-16-18)22-13-19(25)24(5-2)15-17-9-7-6-8-10-17;/h6-10,18H,4-5,11-16H2,1-3H3,(H,21,22);1H. The first kappa shape index (κ1) is 23.7. The van der Waals surface area contributed by atoms with Crippen LogP contribution in [0.3, 0.4) is 0 Å². The molecule has 152 valence electrons. The Labute approximate surface area is 180 Å². The van der Waals surface area contributed by atoms with Crippen molar-refractivity contribution in [3.63, 3.8) is 0 Å². The van der Waals surface area contributed by atoms with E-state index in [0.29, 0.717) is 19.0 Å². The molecule has 0 aliphatic carbocycles. The maximum atomic E-state index is 12.6. The Kier molecular flexibility index (Phi) is 11.3. The zero-order valence-corrected chi connectivity index (χ0v) is 19.0. The smallest absolute Gasteiger partial charge is 0.244 e. The lowest BCUT2D eigenvalue weighted by molar-refractivity contribution is -0.130. The van der Waals surface area contributed by atoms with Gasteiger partial charge < -0.3 is 19.9 Å². The number of halogens is 1. The van der Waals surface area contributed by atoms with Crippen LogP contribution in [-0.4, -0.2) is 68.1 Å². The van der Waals surface area contributed by atoms with Gasteiger partial charge in [0.25, 0.3) is 0 Å². The van der Waals surface area contributed by atoms with Gasteiger partial charge in [0, 0.05) is 45.8 Å². The summed E-state index contributed by atoms with van der Waals surface area (Å²) in [5, 5.41) is 3.28. The maximum absolute atomic E-state index is 12.6. The molecule has 0 saturated carbocycles. The molecule has 2 rings (SSSR count). The van der Waals surface area contributed by atoms with Gasteiger partial charge in [0.1, 0.15) is 6.54 Å². The van der Waals surface area contributed by atoms with E-state index in [9.17, 15) is 4.79 Å². The van der Waals surface area contributed by atoms with E-state index < -0.39 is 0 Å². The molecule has 0 aromatic heterocycles. The van der Waals surface area contributed by atoms with Gasteiger partial charge in [0.05, 0.1) is 6.61 Å². The molecule has 1 atom stereocenters. The number of amides is 1. The minimum atomic E-state index is 0. The SMILES string of the molecule is CCNC(=NCC(=O)N(CC)Cc1ccccc1)N(C)CC1CCOC1.I. The average Bonchev–Trinajstić information content (AvgIpc) is 3.16. The fourth-order valence-corrected chi connectivity index (χ4v) is 3.09. The molecule has 1 saturated heterocycles. The Morgan fingerprint density at radius 3 is 2.63 bits per heavy atom. The summed E-state index contributed by atoms with van der Waals surface area (Å²) in [4.78, 5) is 21.1. The topological polar surface area (TPSA) is 57.2 Å². The molecule has 0 spiro atoms. The molecule has 1 heterocycles. The Morgan fingerprint density at radius 2 is 2.04 bits per heavy atom. The molecule has 0 radical (unpaired) electrons. The number of carbonyl (C=O) groups excluding carboxylic acids is 1. The van der Waals surface area contributed by atoms with Crippen molar-refractivity contribution in [1.82, 2.24) is 15.1 Å². The number of ether oxygens (including phenoxy) is 1. The second-order valence-corrected chi connectivity index (χ2v) is 6.67. The van der Waals surface area contributed by atoms with Gasteiger partial charge in [-0.15, -0.1) is 24.0 Å². The van der Waals surface area contributed by atoms with Gasteiger partial charge in [-0.3, -0.25) is 4.79 Å². The van der Waals surface area contributed by atoms with Crippen molar-refractivity contribution in [2.24, 2.45) is 10.9 Å². The van der Waals surface area contributed by atoms with Crippen LogP contribution in [0.4, 0.5) is 0 Å². The lowest BCUT2D eigenvalue weighted by Gasteiger charge is -2.25. The monoisotopic (exact) mass is 488 g/mol. The molecule has 1 amide bonds. The number of hydrogen-bond donors (Lipinski definition) is 1. The second kappa shape index (κ2) is 12.9. The average molecular weight is 488 g/mol. The van der Waals surface area contributed by atoms with Gasteiger partial charge in [0.2, 0.25) is 5.91 Å². The van der Waals surface area contributed by atoms with Crippen LogP contribution in [0.5, 0.6) is 0 Å². The number of nitrogens with one attached hydrogen (secondary N) is 1. The lowest BCUT2D eigenvalue weighted by atomic mass is 10.1. The molecule has 1 unspecified atom stereocenters. The summed E-state index contributed by atoms with van der Waals surface area (Å²) in [6.07, 6.45) is 1.09. The van der Waals surface area contributed by atoms with E-state index >= 15 is 0 Å². The predicted molar refractivity (Wildman–Crippen MR) is 120 cm³/mol. The van der Waals surface area contributed by atoms with E-state index in [1.54, 1.807) is 0 Å². The number of likely N-dealkylation sites (N-methyl/N-ethyl adjacent to an activating group) is 1. The van der Waals surface area contributed by atoms with Crippen molar-refractivity contribution in [3.05, 3.63) is 35.9 Å². The Morgan fingerprint density at radius 1 is 1.30 bits per heavy atom. The second-order valence-electron chi connectivity index (χ2n) is 6.67. The third-order valence-corrected chi connectivity index (χ3v) is 4.57. The third-order valence-electron chi connectivity index (χ3n) is 4.57. The summed E-state index contributed by atoms with van der Waals surface area (Å²) < 4.78 is 5.45. The van der Waals surface area contributed by atoms with Gasteiger partial charge in [0.15, 0.2) is 5.96 Å². The van der Waals surface area contributed by atoms with E-state index in [0.717, 1.165) is 44.2 Å². The molecule has 1 aromatic rings. The molecule has 27 heavy (non-hydrogen) atoms. The fraction of sp³-hybridized carbons (Fsp3) is 0.600. The Balaban J connectivity index is 0.00000364. The van der Waals surface area contributed by atoms with Crippen molar-refractivity contribution in [3.8, 4) is 0 Å². The van der Waals surface area contributed by atoms with E-state index in [2.05, 4.69) is 15.2 Å². The van der Waals surface area contributed by atoms with E-state index in [4.69, 9.17) is 4.74 Å². The molecular formula is C20H33IN4O2. The van der Waals surface area contributed by atoms with Gasteiger partial charge >= 0.3 is 0 Å². The zero-order valence-electron chi connectivity index (χ0n) is 16.7. The summed E-state index contributed by atoms with van der Waals surface area (Å²) in [5.74, 6) is 1.36. The molecule has 1 aromatic carbocycles. The molecule has 1 fully saturated rings. The Hall–Kier alpha value is -1.35. The number of aliphatic imine (C=N–C) groups is 1. The predicted octanol–water partition coefficient (Wildman–Crippen LogP) is 2.59. The number of hydrogen-bond acceptors (Lipinski definition) is 3. The highest BCUT2D eigenvalue weighted by Crippen LogP contribution is 2.13. The first-order valence-corrected chi connectivity index (χ1v) is 9.52. The Bertz CT molecular complexity index is 577. The molecule has 1 N–H and O–H groups in total. The quantitative estimate of drug-likeness (QED) is 0.347. The number of carbonyl (C=O) groups is 1.